The zero-order chi connectivity index (χ0) is 19.8. The van der Waals surface area contributed by atoms with Gasteiger partial charge >= 0.3 is 0 Å². The molecule has 1 N–H and O–H groups in total. The zero-order valence-corrected chi connectivity index (χ0v) is 16.6. The fourth-order valence-electron chi connectivity index (χ4n) is 4.07. The molecule has 28 heavy (non-hydrogen) atoms. The second-order valence-corrected chi connectivity index (χ2v) is 7.21. The Morgan fingerprint density at radius 2 is 1.75 bits per heavy atom. The molecule has 5 nitrogen and oxygen atoms in total. The Hall–Kier alpha value is -2.92. The summed E-state index contributed by atoms with van der Waals surface area (Å²) in [6.07, 6.45) is 0. The first kappa shape index (κ1) is 18.4. The normalized spacial score (nSPS) is 11.9. The van der Waals surface area contributed by atoms with Crippen LogP contribution in [-0.2, 0) is 6.54 Å². The van der Waals surface area contributed by atoms with E-state index in [4.69, 9.17) is 0 Å². The number of benzene rings is 2. The van der Waals surface area contributed by atoms with E-state index in [9.17, 15) is 9.59 Å². The minimum absolute atomic E-state index is 0.0552. The summed E-state index contributed by atoms with van der Waals surface area (Å²) in [5.74, 6) is 0.0552. The highest BCUT2D eigenvalue weighted by Crippen LogP contribution is 2.34. The van der Waals surface area contributed by atoms with E-state index in [-0.39, 0.29) is 11.3 Å². The van der Waals surface area contributed by atoms with Crippen molar-refractivity contribution >= 4 is 38.5 Å². The standard InChI is InChI=1S/C23H25N3O2/c1-4-25(5-2)12-13-26-20-9-6-16(15(3)27)14-18(20)23-17-7-11-22(28)24-19(17)8-10-21(23)26/h6-11,14H,4-5,12-13H2,1-3H3,(H,24,28). The lowest BCUT2D eigenvalue weighted by atomic mass is 10.0. The first-order valence-corrected chi connectivity index (χ1v) is 9.84. The van der Waals surface area contributed by atoms with E-state index < -0.39 is 0 Å². The van der Waals surface area contributed by atoms with Crippen LogP contribution in [0.15, 0.2) is 47.3 Å². The molecule has 0 bridgehead atoms. The van der Waals surface area contributed by atoms with E-state index >= 15 is 0 Å². The molecule has 0 fully saturated rings. The molecule has 0 radical (unpaired) electrons. The highest BCUT2D eigenvalue weighted by molar-refractivity contribution is 6.21. The second kappa shape index (κ2) is 7.24. The number of pyridine rings is 1. The predicted octanol–water partition coefficient (Wildman–Crippen LogP) is 4.18. The molecular formula is C23H25N3O2. The van der Waals surface area contributed by atoms with Crippen LogP contribution in [0.4, 0.5) is 0 Å². The van der Waals surface area contributed by atoms with Gasteiger partial charge in [0.1, 0.15) is 0 Å². The van der Waals surface area contributed by atoms with Crippen LogP contribution in [-0.4, -0.2) is 39.9 Å². The van der Waals surface area contributed by atoms with Gasteiger partial charge in [0.15, 0.2) is 5.78 Å². The summed E-state index contributed by atoms with van der Waals surface area (Å²) >= 11 is 0. The SMILES string of the molecule is CCN(CC)CCn1c2ccc(C(C)=O)cc2c2c3ccc(=O)[nH]c3ccc21. The molecular weight excluding hydrogens is 350 g/mol. The third-order valence-corrected chi connectivity index (χ3v) is 5.67. The summed E-state index contributed by atoms with van der Waals surface area (Å²) in [6.45, 7) is 9.82. The summed E-state index contributed by atoms with van der Waals surface area (Å²) < 4.78 is 2.33. The molecule has 0 unspecified atom stereocenters. The Labute approximate surface area is 163 Å². The van der Waals surface area contributed by atoms with E-state index in [2.05, 4.69) is 34.4 Å². The summed E-state index contributed by atoms with van der Waals surface area (Å²) in [6, 6.07) is 13.4. The second-order valence-electron chi connectivity index (χ2n) is 7.21. The number of Topliss-reactive ketones (excluding diaryl/α,β-unsaturated/α-hetero) is 1. The molecule has 0 atom stereocenters. The Bertz CT molecular complexity index is 1250. The minimum atomic E-state index is -0.110. The maximum atomic E-state index is 12.0. The van der Waals surface area contributed by atoms with Gasteiger partial charge in [-0.15, -0.1) is 0 Å². The van der Waals surface area contributed by atoms with Crippen LogP contribution in [0.3, 0.4) is 0 Å². The monoisotopic (exact) mass is 375 g/mol. The summed E-state index contributed by atoms with van der Waals surface area (Å²) in [4.78, 5) is 29.1. The zero-order valence-electron chi connectivity index (χ0n) is 16.6. The molecule has 2 heterocycles. The molecule has 4 rings (SSSR count). The lowest BCUT2D eigenvalue weighted by molar-refractivity contribution is 0.101. The van der Waals surface area contributed by atoms with Crippen molar-refractivity contribution in [2.24, 2.45) is 0 Å². The van der Waals surface area contributed by atoms with E-state index in [1.54, 1.807) is 13.0 Å². The van der Waals surface area contributed by atoms with Gasteiger partial charge in [0.05, 0.1) is 0 Å². The number of likely N-dealkylation sites (N-methyl/N-ethyl adjacent to an activating group) is 1. The molecule has 0 aliphatic carbocycles. The molecule has 0 aliphatic rings. The van der Waals surface area contributed by atoms with E-state index in [0.29, 0.717) is 5.56 Å². The highest BCUT2D eigenvalue weighted by atomic mass is 16.1. The molecule has 2 aromatic carbocycles. The molecule has 0 spiro atoms. The van der Waals surface area contributed by atoms with Crippen LogP contribution in [0.2, 0.25) is 0 Å². The maximum absolute atomic E-state index is 12.0. The topological polar surface area (TPSA) is 58.1 Å². The van der Waals surface area contributed by atoms with E-state index in [1.165, 1.54) is 0 Å². The maximum Gasteiger partial charge on any atom is 0.248 e. The average molecular weight is 375 g/mol. The number of H-pyrrole nitrogens is 1. The quantitative estimate of drug-likeness (QED) is 0.514. The molecule has 0 saturated heterocycles. The number of aromatic nitrogens is 2. The van der Waals surface area contributed by atoms with Crippen molar-refractivity contribution < 1.29 is 4.79 Å². The first-order valence-electron chi connectivity index (χ1n) is 9.84. The van der Waals surface area contributed by atoms with Gasteiger partial charge < -0.3 is 14.5 Å². The van der Waals surface area contributed by atoms with Crippen LogP contribution in [0.5, 0.6) is 0 Å². The van der Waals surface area contributed by atoms with E-state index in [1.807, 2.05) is 30.3 Å². The van der Waals surface area contributed by atoms with Crippen molar-refractivity contribution in [3.8, 4) is 0 Å². The average Bonchev–Trinajstić information content (AvgIpc) is 3.01. The molecule has 0 aliphatic heterocycles. The number of hydrogen-bond donors (Lipinski definition) is 1. The van der Waals surface area contributed by atoms with Crippen LogP contribution in [0.25, 0.3) is 32.7 Å². The number of aromatic amines is 1. The van der Waals surface area contributed by atoms with Crippen molar-refractivity contribution in [1.29, 1.82) is 0 Å². The summed E-state index contributed by atoms with van der Waals surface area (Å²) in [5.41, 5.74) is 3.66. The largest absolute Gasteiger partial charge is 0.339 e. The number of rotatable bonds is 6. The molecule has 4 aromatic rings. The van der Waals surface area contributed by atoms with Gasteiger partial charge in [0.25, 0.3) is 0 Å². The minimum Gasteiger partial charge on any atom is -0.339 e. The number of nitrogens with zero attached hydrogens (tertiary/aromatic N) is 2. The fourth-order valence-corrected chi connectivity index (χ4v) is 4.07. The third-order valence-electron chi connectivity index (χ3n) is 5.67. The van der Waals surface area contributed by atoms with Crippen LogP contribution >= 0.6 is 0 Å². The van der Waals surface area contributed by atoms with E-state index in [0.717, 1.165) is 58.9 Å². The lowest BCUT2D eigenvalue weighted by Crippen LogP contribution is -2.26. The summed E-state index contributed by atoms with van der Waals surface area (Å²) in [5, 5.41) is 3.15. The fraction of sp³-hybridized carbons (Fsp3) is 0.304. The third kappa shape index (κ3) is 3.02. The van der Waals surface area contributed by atoms with Gasteiger partial charge in [-0.1, -0.05) is 13.8 Å². The molecule has 0 amide bonds. The lowest BCUT2D eigenvalue weighted by Gasteiger charge is -2.19. The highest BCUT2D eigenvalue weighted by Gasteiger charge is 2.15. The first-order chi connectivity index (χ1) is 13.5. The van der Waals surface area contributed by atoms with Crippen molar-refractivity contribution in [3.63, 3.8) is 0 Å². The summed E-state index contributed by atoms with van der Waals surface area (Å²) in [7, 11) is 0. The van der Waals surface area contributed by atoms with Gasteiger partial charge in [-0.2, -0.15) is 0 Å². The number of nitrogens with one attached hydrogen (secondary N) is 1. The number of ketones is 1. The van der Waals surface area contributed by atoms with Crippen molar-refractivity contribution in [2.45, 2.75) is 27.3 Å². The van der Waals surface area contributed by atoms with Crippen molar-refractivity contribution in [2.75, 3.05) is 19.6 Å². The molecule has 2 aromatic heterocycles. The predicted molar refractivity (Wildman–Crippen MR) is 115 cm³/mol. The number of hydrogen-bond acceptors (Lipinski definition) is 3. The number of carbonyl (C=O) groups excluding carboxylic acids is 1. The van der Waals surface area contributed by atoms with Crippen molar-refractivity contribution in [1.82, 2.24) is 14.5 Å². The Morgan fingerprint density at radius 3 is 2.46 bits per heavy atom. The molecule has 144 valence electrons. The van der Waals surface area contributed by atoms with Gasteiger partial charge in [0.2, 0.25) is 5.56 Å². The Morgan fingerprint density at radius 1 is 1.00 bits per heavy atom. The van der Waals surface area contributed by atoms with Crippen molar-refractivity contribution in [3.05, 3.63) is 58.4 Å². The van der Waals surface area contributed by atoms with Crippen LogP contribution < -0.4 is 5.56 Å². The number of carbonyl (C=O) groups is 1. The molecule has 0 saturated carbocycles. The smallest absolute Gasteiger partial charge is 0.248 e. The van der Waals surface area contributed by atoms with Gasteiger partial charge in [-0.25, -0.2) is 0 Å². The Kier molecular flexibility index (Phi) is 4.77. The number of fused-ring (bicyclic) bond motifs is 5. The van der Waals surface area contributed by atoms with Crippen LogP contribution in [0, 0.1) is 0 Å². The van der Waals surface area contributed by atoms with Crippen LogP contribution in [0.1, 0.15) is 31.1 Å². The Balaban J connectivity index is 2.03. The van der Waals surface area contributed by atoms with Gasteiger partial charge in [0, 0.05) is 57.4 Å². The van der Waals surface area contributed by atoms with Gasteiger partial charge in [-0.05, 0) is 56.4 Å². The molecule has 5 heteroatoms. The van der Waals surface area contributed by atoms with Gasteiger partial charge in [-0.3, -0.25) is 9.59 Å².